The number of esters is 1. The number of hydrogen-bond acceptors (Lipinski definition) is 3. The van der Waals surface area contributed by atoms with Gasteiger partial charge in [-0.1, -0.05) is 29.8 Å². The highest BCUT2D eigenvalue weighted by atomic mass is 16.5. The van der Waals surface area contributed by atoms with Crippen LogP contribution < -0.4 is 5.32 Å². The molecular formula is C17H24N2O2. The van der Waals surface area contributed by atoms with Crippen LogP contribution in [-0.2, 0) is 9.53 Å². The van der Waals surface area contributed by atoms with Gasteiger partial charge in [-0.2, -0.15) is 0 Å². The molecule has 0 radical (unpaired) electrons. The van der Waals surface area contributed by atoms with E-state index < -0.39 is 0 Å². The quantitative estimate of drug-likeness (QED) is 0.837. The van der Waals surface area contributed by atoms with Crippen LogP contribution in [0.5, 0.6) is 0 Å². The van der Waals surface area contributed by atoms with Crippen molar-refractivity contribution in [3.8, 4) is 0 Å². The molecule has 1 fully saturated rings. The Labute approximate surface area is 126 Å². The Morgan fingerprint density at radius 2 is 2.14 bits per heavy atom. The zero-order valence-corrected chi connectivity index (χ0v) is 12.8. The first-order chi connectivity index (χ1) is 10.1. The van der Waals surface area contributed by atoms with E-state index in [0.29, 0.717) is 18.2 Å². The molecule has 1 aromatic carbocycles. The third-order valence-electron chi connectivity index (χ3n) is 4.27. The summed E-state index contributed by atoms with van der Waals surface area (Å²) in [4.78, 5) is 11.8. The predicted molar refractivity (Wildman–Crippen MR) is 83.6 cm³/mol. The minimum absolute atomic E-state index is 0.149. The molecule has 4 heteroatoms. The van der Waals surface area contributed by atoms with Crippen molar-refractivity contribution in [3.63, 3.8) is 0 Å². The fraction of sp³-hybridized carbons (Fsp3) is 0.529. The first-order valence-corrected chi connectivity index (χ1v) is 7.55. The molecule has 2 unspecified atom stereocenters. The summed E-state index contributed by atoms with van der Waals surface area (Å²) in [5.74, 6) is 0.948. The number of benzene rings is 1. The number of methoxy groups -OCH3 is 1. The highest BCUT2D eigenvalue weighted by molar-refractivity contribution is 5.79. The molecule has 114 valence electrons. The third kappa shape index (κ3) is 4.31. The Morgan fingerprint density at radius 3 is 2.81 bits per heavy atom. The van der Waals surface area contributed by atoms with E-state index in [2.05, 4.69) is 36.5 Å². The van der Waals surface area contributed by atoms with Crippen LogP contribution in [-0.4, -0.2) is 25.5 Å². The molecule has 0 spiro atoms. The molecule has 2 N–H and O–H groups in total. The number of hydrogen-bond donors (Lipinski definition) is 2. The van der Waals surface area contributed by atoms with Crippen molar-refractivity contribution in [2.24, 2.45) is 5.92 Å². The van der Waals surface area contributed by atoms with Gasteiger partial charge >= 0.3 is 5.97 Å². The molecule has 1 heterocycles. The maximum atomic E-state index is 11.8. The summed E-state index contributed by atoms with van der Waals surface area (Å²) in [6.45, 7) is 2.82. The molecule has 2 atom stereocenters. The van der Waals surface area contributed by atoms with Gasteiger partial charge in [0.2, 0.25) is 0 Å². The van der Waals surface area contributed by atoms with Crippen molar-refractivity contribution in [3.05, 3.63) is 35.4 Å². The van der Waals surface area contributed by atoms with Gasteiger partial charge in [-0.25, -0.2) is 0 Å². The second kappa shape index (κ2) is 7.25. The van der Waals surface area contributed by atoms with Crippen molar-refractivity contribution in [1.82, 2.24) is 5.32 Å². The molecular weight excluding hydrogens is 264 g/mol. The maximum Gasteiger partial charge on any atom is 0.306 e. The second-order valence-corrected chi connectivity index (χ2v) is 5.81. The molecule has 1 saturated heterocycles. The van der Waals surface area contributed by atoms with Gasteiger partial charge in [-0.15, -0.1) is 0 Å². The first kappa shape index (κ1) is 15.5. The fourth-order valence-corrected chi connectivity index (χ4v) is 2.96. The maximum absolute atomic E-state index is 11.8. The number of amidine groups is 1. The average Bonchev–Trinajstić information content (AvgIpc) is 2.70. The molecule has 0 amide bonds. The van der Waals surface area contributed by atoms with E-state index in [1.807, 2.05) is 0 Å². The van der Waals surface area contributed by atoms with E-state index in [-0.39, 0.29) is 11.9 Å². The monoisotopic (exact) mass is 288 g/mol. The summed E-state index contributed by atoms with van der Waals surface area (Å²) in [6, 6.07) is 8.40. The summed E-state index contributed by atoms with van der Waals surface area (Å²) in [6.07, 6.45) is 3.24. The van der Waals surface area contributed by atoms with Crippen LogP contribution in [0.15, 0.2) is 24.3 Å². The number of aryl methyl sites for hydroxylation is 1. The normalized spacial score (nSPS) is 20.3. The standard InChI is InChI=1S/C17H24N2O2/c1-12-6-8-13(9-7-12)15(10-17(20)21-2)14-4-3-5-16(18)19-11-14/h6-9,14-15H,3-5,10-11H2,1-2H3,(H2,18,19). The van der Waals surface area contributed by atoms with E-state index in [1.54, 1.807) is 0 Å². The SMILES string of the molecule is COC(=O)CC(c1ccc(C)cc1)C1CCCC(=N)NC1. The van der Waals surface area contributed by atoms with E-state index in [4.69, 9.17) is 10.1 Å². The third-order valence-corrected chi connectivity index (χ3v) is 4.27. The largest absolute Gasteiger partial charge is 0.469 e. The van der Waals surface area contributed by atoms with Gasteiger partial charge in [-0.05, 0) is 37.2 Å². The Morgan fingerprint density at radius 1 is 1.43 bits per heavy atom. The van der Waals surface area contributed by atoms with Gasteiger partial charge in [0.1, 0.15) is 0 Å². The van der Waals surface area contributed by atoms with Crippen LogP contribution in [0, 0.1) is 18.3 Å². The number of rotatable bonds is 4. The number of carbonyl (C=O) groups excluding carboxylic acids is 1. The van der Waals surface area contributed by atoms with Gasteiger partial charge in [0.15, 0.2) is 0 Å². The highest BCUT2D eigenvalue weighted by Gasteiger charge is 2.27. The summed E-state index contributed by atoms with van der Waals surface area (Å²) >= 11 is 0. The zero-order valence-electron chi connectivity index (χ0n) is 12.8. The average molecular weight is 288 g/mol. The lowest BCUT2D eigenvalue weighted by molar-refractivity contribution is -0.141. The summed E-state index contributed by atoms with van der Waals surface area (Å²) in [7, 11) is 1.44. The van der Waals surface area contributed by atoms with Crippen molar-refractivity contribution in [2.75, 3.05) is 13.7 Å². The summed E-state index contributed by atoms with van der Waals surface area (Å²) in [5.41, 5.74) is 2.41. The van der Waals surface area contributed by atoms with Crippen LogP contribution in [0.4, 0.5) is 0 Å². The van der Waals surface area contributed by atoms with Crippen LogP contribution in [0.1, 0.15) is 42.7 Å². The van der Waals surface area contributed by atoms with Crippen LogP contribution in [0.2, 0.25) is 0 Å². The predicted octanol–water partition coefficient (Wildman–Crippen LogP) is 3.01. The van der Waals surface area contributed by atoms with Crippen LogP contribution >= 0.6 is 0 Å². The fourth-order valence-electron chi connectivity index (χ4n) is 2.96. The second-order valence-electron chi connectivity index (χ2n) is 5.81. The molecule has 1 aliphatic heterocycles. The molecule has 0 aliphatic carbocycles. The summed E-state index contributed by atoms with van der Waals surface area (Å²) < 4.78 is 4.87. The smallest absolute Gasteiger partial charge is 0.306 e. The van der Waals surface area contributed by atoms with E-state index in [0.717, 1.165) is 25.8 Å². The number of carbonyl (C=O) groups is 1. The minimum Gasteiger partial charge on any atom is -0.469 e. The molecule has 2 rings (SSSR count). The van der Waals surface area contributed by atoms with E-state index in [1.165, 1.54) is 18.2 Å². The molecule has 0 saturated carbocycles. The minimum atomic E-state index is -0.167. The lowest BCUT2D eigenvalue weighted by Crippen LogP contribution is -2.29. The lowest BCUT2D eigenvalue weighted by Gasteiger charge is -2.26. The topological polar surface area (TPSA) is 62.2 Å². The van der Waals surface area contributed by atoms with Gasteiger partial charge in [0.05, 0.1) is 19.4 Å². The highest BCUT2D eigenvalue weighted by Crippen LogP contribution is 2.33. The first-order valence-electron chi connectivity index (χ1n) is 7.55. The van der Waals surface area contributed by atoms with Crippen molar-refractivity contribution in [1.29, 1.82) is 5.41 Å². The summed E-state index contributed by atoms with van der Waals surface area (Å²) in [5, 5.41) is 10.9. The molecule has 21 heavy (non-hydrogen) atoms. The van der Waals surface area contributed by atoms with Crippen molar-refractivity contribution < 1.29 is 9.53 Å². The zero-order chi connectivity index (χ0) is 15.2. The Kier molecular flexibility index (Phi) is 5.37. The number of ether oxygens (including phenoxy) is 1. The van der Waals surface area contributed by atoms with Crippen LogP contribution in [0.3, 0.4) is 0 Å². The Bertz CT molecular complexity index is 496. The Balaban J connectivity index is 2.20. The van der Waals surface area contributed by atoms with E-state index in [9.17, 15) is 4.79 Å². The van der Waals surface area contributed by atoms with Gasteiger partial charge < -0.3 is 10.1 Å². The van der Waals surface area contributed by atoms with Gasteiger partial charge in [0.25, 0.3) is 0 Å². The molecule has 4 nitrogen and oxygen atoms in total. The number of nitrogens with one attached hydrogen (secondary N) is 2. The van der Waals surface area contributed by atoms with Crippen molar-refractivity contribution in [2.45, 2.75) is 38.5 Å². The molecule has 0 bridgehead atoms. The lowest BCUT2D eigenvalue weighted by atomic mass is 9.81. The van der Waals surface area contributed by atoms with E-state index >= 15 is 0 Å². The molecule has 1 aliphatic rings. The van der Waals surface area contributed by atoms with Gasteiger partial charge in [0, 0.05) is 13.0 Å². The van der Waals surface area contributed by atoms with Crippen LogP contribution in [0.25, 0.3) is 0 Å². The molecule has 1 aromatic rings. The Hall–Kier alpha value is -1.84. The van der Waals surface area contributed by atoms with Gasteiger partial charge in [-0.3, -0.25) is 10.2 Å². The molecule has 0 aromatic heterocycles. The van der Waals surface area contributed by atoms with Crippen molar-refractivity contribution >= 4 is 11.8 Å².